The summed E-state index contributed by atoms with van der Waals surface area (Å²) in [6.07, 6.45) is -2.93. The van der Waals surface area contributed by atoms with Crippen LogP contribution in [-0.4, -0.2) is 48.5 Å². The number of aromatic amines is 1. The van der Waals surface area contributed by atoms with Gasteiger partial charge in [0.1, 0.15) is 18.4 Å². The summed E-state index contributed by atoms with van der Waals surface area (Å²) in [6.45, 7) is 1.46. The first kappa shape index (κ1) is 21.2. The van der Waals surface area contributed by atoms with Crippen molar-refractivity contribution in [2.45, 2.75) is 37.6 Å². The number of aliphatic hydroxyl groups excluding tert-OH is 1. The van der Waals surface area contributed by atoms with Crippen LogP contribution in [0, 0.1) is 6.92 Å². The zero-order chi connectivity index (χ0) is 21.3. The standard InChI is InChI=1S/C17H19N2O9P/c1-9-8-19(17(23)18-14(9)20)12-7-11(13(28-12)16(22)29(24,25)26)27-15(21)10-5-3-2-4-6-10/h2-6,8,11-13,16,22H,7H2,1H3,(H,18,20,23)(H2,24,25,26)/t11-,12+,13-,16?/m0/s1. The number of carbonyl (C=O) groups is 1. The van der Waals surface area contributed by atoms with E-state index in [1.807, 2.05) is 0 Å². The number of nitrogens with one attached hydrogen (secondary N) is 1. The smallest absolute Gasteiger partial charge is 0.356 e. The first-order valence-corrected chi connectivity index (χ1v) is 10.2. The lowest BCUT2D eigenvalue weighted by Gasteiger charge is -2.24. The molecule has 0 bridgehead atoms. The average Bonchev–Trinajstić information content (AvgIpc) is 3.07. The monoisotopic (exact) mass is 426 g/mol. The molecule has 3 rings (SSSR count). The van der Waals surface area contributed by atoms with Crippen molar-refractivity contribution in [3.05, 3.63) is 68.5 Å². The van der Waals surface area contributed by atoms with E-state index in [1.54, 1.807) is 18.2 Å². The van der Waals surface area contributed by atoms with Crippen molar-refractivity contribution in [1.29, 1.82) is 0 Å². The number of ether oxygens (including phenoxy) is 2. The summed E-state index contributed by atoms with van der Waals surface area (Å²) in [5.41, 5.74) is -1.02. The second-order valence-corrected chi connectivity index (χ2v) is 8.29. The Kier molecular flexibility index (Phi) is 5.87. The number of hydrogen-bond donors (Lipinski definition) is 4. The second kappa shape index (κ2) is 8.05. The van der Waals surface area contributed by atoms with Crippen molar-refractivity contribution < 1.29 is 33.7 Å². The Hall–Kier alpha value is -2.56. The Morgan fingerprint density at radius 1 is 1.31 bits per heavy atom. The predicted molar refractivity (Wildman–Crippen MR) is 98.3 cm³/mol. The molecular weight excluding hydrogens is 407 g/mol. The summed E-state index contributed by atoms with van der Waals surface area (Å²) < 4.78 is 23.3. The zero-order valence-corrected chi connectivity index (χ0v) is 16.1. The van der Waals surface area contributed by atoms with Crippen LogP contribution < -0.4 is 11.2 Å². The van der Waals surface area contributed by atoms with Gasteiger partial charge in [0, 0.05) is 18.2 Å². The molecule has 29 heavy (non-hydrogen) atoms. The van der Waals surface area contributed by atoms with Gasteiger partial charge in [-0.05, 0) is 19.1 Å². The van der Waals surface area contributed by atoms with Crippen LogP contribution in [0.1, 0.15) is 28.6 Å². The van der Waals surface area contributed by atoms with Gasteiger partial charge in [-0.25, -0.2) is 9.59 Å². The van der Waals surface area contributed by atoms with Crippen LogP contribution in [0.3, 0.4) is 0 Å². The summed E-state index contributed by atoms with van der Waals surface area (Å²) in [6, 6.07) is 7.88. The number of rotatable bonds is 5. The van der Waals surface area contributed by atoms with Gasteiger partial charge >= 0.3 is 19.3 Å². The van der Waals surface area contributed by atoms with Gasteiger partial charge in [-0.1, -0.05) is 18.2 Å². The number of aliphatic hydroxyl groups is 1. The Labute approximate surface area is 163 Å². The molecule has 0 saturated carbocycles. The molecule has 1 aliphatic rings. The fourth-order valence-corrected chi connectivity index (χ4v) is 3.63. The van der Waals surface area contributed by atoms with Gasteiger partial charge < -0.3 is 24.4 Å². The van der Waals surface area contributed by atoms with Crippen molar-refractivity contribution in [3.63, 3.8) is 0 Å². The van der Waals surface area contributed by atoms with Crippen LogP contribution in [0.4, 0.5) is 0 Å². The van der Waals surface area contributed by atoms with E-state index in [-0.39, 0.29) is 17.5 Å². The Morgan fingerprint density at radius 2 is 1.97 bits per heavy atom. The van der Waals surface area contributed by atoms with E-state index in [0.29, 0.717) is 0 Å². The molecule has 0 aliphatic carbocycles. The quantitative estimate of drug-likeness (QED) is 0.375. The summed E-state index contributed by atoms with van der Waals surface area (Å²) in [5, 5.41) is 10.0. The molecule has 1 aromatic carbocycles. The van der Waals surface area contributed by atoms with Crippen LogP contribution >= 0.6 is 7.60 Å². The van der Waals surface area contributed by atoms with Crippen LogP contribution in [0.2, 0.25) is 0 Å². The summed E-state index contributed by atoms with van der Waals surface area (Å²) in [5.74, 6) is -3.06. The van der Waals surface area contributed by atoms with E-state index >= 15 is 0 Å². The number of H-pyrrole nitrogens is 1. The van der Waals surface area contributed by atoms with Crippen molar-refractivity contribution in [1.82, 2.24) is 9.55 Å². The normalized spacial score (nSPS) is 23.0. The van der Waals surface area contributed by atoms with E-state index in [9.17, 15) is 33.8 Å². The van der Waals surface area contributed by atoms with Crippen molar-refractivity contribution in [2.24, 2.45) is 0 Å². The summed E-state index contributed by atoms with van der Waals surface area (Å²) >= 11 is 0. The fourth-order valence-electron chi connectivity index (χ4n) is 2.99. The molecule has 1 unspecified atom stereocenters. The number of aryl methyl sites for hydroxylation is 1. The van der Waals surface area contributed by atoms with Gasteiger partial charge in [-0.2, -0.15) is 0 Å². The molecule has 4 N–H and O–H groups in total. The highest BCUT2D eigenvalue weighted by Gasteiger charge is 2.49. The third-order valence-electron chi connectivity index (χ3n) is 4.48. The van der Waals surface area contributed by atoms with Crippen LogP contribution in [0.5, 0.6) is 0 Å². The van der Waals surface area contributed by atoms with Crippen LogP contribution in [-0.2, 0) is 14.0 Å². The number of benzene rings is 1. The number of nitrogens with zero attached hydrogens (tertiary/aromatic N) is 1. The minimum Gasteiger partial charge on any atom is -0.456 e. The van der Waals surface area contributed by atoms with Crippen molar-refractivity contribution in [2.75, 3.05) is 0 Å². The molecular formula is C17H19N2O9P. The van der Waals surface area contributed by atoms with Crippen LogP contribution in [0.25, 0.3) is 0 Å². The lowest BCUT2D eigenvalue weighted by molar-refractivity contribution is -0.0692. The van der Waals surface area contributed by atoms with Crippen molar-refractivity contribution >= 4 is 13.6 Å². The molecule has 4 atom stereocenters. The van der Waals surface area contributed by atoms with Gasteiger partial charge in [-0.15, -0.1) is 0 Å². The molecule has 1 saturated heterocycles. The van der Waals surface area contributed by atoms with E-state index in [4.69, 9.17) is 9.47 Å². The third-order valence-corrected chi connectivity index (χ3v) is 5.46. The lowest BCUT2D eigenvalue weighted by atomic mass is 10.1. The fraction of sp³-hybridized carbons (Fsp3) is 0.353. The minimum atomic E-state index is -5.01. The topological polar surface area (TPSA) is 168 Å². The minimum absolute atomic E-state index is 0.175. The molecule has 1 aromatic heterocycles. The molecule has 0 spiro atoms. The first-order chi connectivity index (χ1) is 13.6. The molecule has 0 amide bonds. The maximum absolute atomic E-state index is 12.4. The Bertz CT molecular complexity index is 1060. The molecule has 11 nitrogen and oxygen atoms in total. The highest BCUT2D eigenvalue weighted by atomic mass is 31.2. The third kappa shape index (κ3) is 4.55. The van der Waals surface area contributed by atoms with Gasteiger partial charge in [-0.3, -0.25) is 18.9 Å². The number of carbonyl (C=O) groups excluding carboxylic acids is 1. The van der Waals surface area contributed by atoms with E-state index < -0.39 is 49.1 Å². The van der Waals surface area contributed by atoms with Gasteiger partial charge in [0.05, 0.1) is 5.56 Å². The van der Waals surface area contributed by atoms with Gasteiger partial charge in [0.15, 0.2) is 5.85 Å². The van der Waals surface area contributed by atoms with E-state index in [0.717, 1.165) is 4.57 Å². The Balaban J connectivity index is 1.91. The van der Waals surface area contributed by atoms with Crippen LogP contribution in [0.15, 0.2) is 46.1 Å². The molecule has 0 radical (unpaired) electrons. The highest BCUT2D eigenvalue weighted by Crippen LogP contribution is 2.46. The number of esters is 1. The predicted octanol–water partition coefficient (Wildman–Crippen LogP) is -0.146. The highest BCUT2D eigenvalue weighted by molar-refractivity contribution is 7.52. The maximum atomic E-state index is 12.4. The number of hydrogen-bond acceptors (Lipinski definition) is 7. The lowest BCUT2D eigenvalue weighted by Crippen LogP contribution is -2.37. The molecule has 2 aromatic rings. The molecule has 1 fully saturated rings. The SMILES string of the molecule is Cc1cn([C@H]2C[C@H](OC(=O)c3ccccc3)[C@@H](C(O)P(=O)(O)O)O2)c(=O)[nH]c1=O. The summed E-state index contributed by atoms with van der Waals surface area (Å²) in [4.78, 5) is 56.8. The molecule has 156 valence electrons. The Morgan fingerprint density at radius 3 is 2.59 bits per heavy atom. The van der Waals surface area contributed by atoms with Gasteiger partial charge in [0.25, 0.3) is 5.56 Å². The average molecular weight is 426 g/mol. The number of aromatic nitrogens is 2. The van der Waals surface area contributed by atoms with E-state index in [1.165, 1.54) is 25.3 Å². The maximum Gasteiger partial charge on any atom is 0.356 e. The molecule has 2 heterocycles. The second-order valence-electron chi connectivity index (χ2n) is 6.58. The summed E-state index contributed by atoms with van der Waals surface area (Å²) in [7, 11) is -5.01. The zero-order valence-electron chi connectivity index (χ0n) is 15.2. The molecule has 12 heteroatoms. The molecule has 1 aliphatic heterocycles. The van der Waals surface area contributed by atoms with Crippen molar-refractivity contribution in [3.8, 4) is 0 Å². The largest absolute Gasteiger partial charge is 0.456 e. The van der Waals surface area contributed by atoms with Gasteiger partial charge in [0.2, 0.25) is 0 Å². The first-order valence-electron chi connectivity index (χ1n) is 8.55. The van der Waals surface area contributed by atoms with E-state index in [2.05, 4.69) is 4.98 Å².